The first-order valence-electron chi connectivity index (χ1n) is 10.1. The average molecular weight is 464 g/mol. The van der Waals surface area contributed by atoms with Crippen molar-refractivity contribution in [2.75, 3.05) is 6.61 Å². The van der Waals surface area contributed by atoms with Crippen LogP contribution in [0.1, 0.15) is 32.1 Å². The highest BCUT2D eigenvalue weighted by atomic mass is 35.5. The highest BCUT2D eigenvalue weighted by molar-refractivity contribution is 6.30. The first-order valence-corrected chi connectivity index (χ1v) is 10.5. The van der Waals surface area contributed by atoms with E-state index in [9.17, 15) is 14.0 Å². The maximum Gasteiger partial charge on any atom is 0.378 e. The minimum absolute atomic E-state index is 0.209. The van der Waals surface area contributed by atoms with Crippen LogP contribution in [0, 0.1) is 19.7 Å². The lowest BCUT2D eigenvalue weighted by atomic mass is 10.1. The van der Waals surface area contributed by atoms with Gasteiger partial charge in [0.05, 0.1) is 5.69 Å². The number of esters is 1. The van der Waals surface area contributed by atoms with Crippen LogP contribution in [0.25, 0.3) is 17.1 Å². The number of carbonyl (C=O) groups excluding carboxylic acids is 2. The van der Waals surface area contributed by atoms with Crippen LogP contribution in [0.4, 0.5) is 4.39 Å². The van der Waals surface area contributed by atoms with E-state index in [1.54, 1.807) is 36.4 Å². The molecule has 0 saturated heterocycles. The molecule has 166 valence electrons. The van der Waals surface area contributed by atoms with E-state index in [-0.39, 0.29) is 11.6 Å². The van der Waals surface area contributed by atoms with Crippen molar-refractivity contribution in [3.8, 4) is 17.1 Å². The highest BCUT2D eigenvalue weighted by Crippen LogP contribution is 2.24. The molecule has 0 radical (unpaired) electrons. The van der Waals surface area contributed by atoms with Crippen molar-refractivity contribution in [1.29, 1.82) is 0 Å². The monoisotopic (exact) mass is 463 g/mol. The Bertz CT molecular complexity index is 1330. The predicted molar refractivity (Wildman–Crippen MR) is 122 cm³/mol. The van der Waals surface area contributed by atoms with Crippen molar-refractivity contribution in [3.05, 3.63) is 100 Å². The molecule has 0 aliphatic rings. The van der Waals surface area contributed by atoms with Gasteiger partial charge in [0.15, 0.2) is 18.2 Å². The molecule has 3 aromatic carbocycles. The van der Waals surface area contributed by atoms with Crippen LogP contribution in [-0.4, -0.2) is 33.1 Å². The standard InChI is InChI=1S/C25H19ClFN3O3/c1-15-3-4-16(2)21(13-15)30-24(18-7-11-20(27)12-8-18)28-23(29-30)25(32)33-14-22(31)17-5-9-19(26)10-6-17/h3-13H,14H2,1-2H3. The Morgan fingerprint density at radius 1 is 1.00 bits per heavy atom. The number of hydrogen-bond acceptors (Lipinski definition) is 5. The molecule has 1 heterocycles. The first-order chi connectivity index (χ1) is 15.8. The Hall–Kier alpha value is -3.84. The zero-order valence-electron chi connectivity index (χ0n) is 17.9. The summed E-state index contributed by atoms with van der Waals surface area (Å²) in [4.78, 5) is 29.3. The summed E-state index contributed by atoms with van der Waals surface area (Å²) in [7, 11) is 0. The molecule has 0 saturated carbocycles. The van der Waals surface area contributed by atoms with Crippen LogP contribution in [0.2, 0.25) is 5.02 Å². The summed E-state index contributed by atoms with van der Waals surface area (Å²) in [5.74, 6) is -1.48. The van der Waals surface area contributed by atoms with Gasteiger partial charge in [-0.25, -0.2) is 18.9 Å². The number of rotatable bonds is 6. The summed E-state index contributed by atoms with van der Waals surface area (Å²) >= 11 is 5.84. The van der Waals surface area contributed by atoms with Crippen molar-refractivity contribution in [2.45, 2.75) is 13.8 Å². The summed E-state index contributed by atoms with van der Waals surface area (Å²) in [5, 5.41) is 4.85. The Kier molecular flexibility index (Phi) is 6.33. The molecule has 1 aromatic heterocycles. The molecule has 0 bridgehead atoms. The third-order valence-corrected chi connectivity index (χ3v) is 5.24. The van der Waals surface area contributed by atoms with Gasteiger partial charge in [-0.15, -0.1) is 5.10 Å². The molecule has 0 aliphatic heterocycles. The molecule has 0 amide bonds. The van der Waals surface area contributed by atoms with E-state index >= 15 is 0 Å². The van der Waals surface area contributed by atoms with Gasteiger partial charge in [-0.3, -0.25) is 4.79 Å². The third-order valence-electron chi connectivity index (χ3n) is 4.99. The second-order valence-electron chi connectivity index (χ2n) is 7.47. The number of halogens is 2. The third kappa shape index (κ3) is 4.99. The smallest absolute Gasteiger partial charge is 0.378 e. The van der Waals surface area contributed by atoms with E-state index in [1.807, 2.05) is 32.0 Å². The maximum absolute atomic E-state index is 13.5. The lowest BCUT2D eigenvalue weighted by Crippen LogP contribution is -2.15. The lowest BCUT2D eigenvalue weighted by Gasteiger charge is -2.10. The quantitative estimate of drug-likeness (QED) is 0.283. The number of Topliss-reactive ketones (excluding diaryl/α,β-unsaturated/α-hetero) is 1. The summed E-state index contributed by atoms with van der Waals surface area (Å²) in [6.07, 6.45) is 0. The molecule has 0 aliphatic carbocycles. The molecule has 0 fully saturated rings. The number of benzene rings is 3. The number of ether oxygens (including phenoxy) is 1. The molecule has 8 heteroatoms. The fourth-order valence-corrected chi connectivity index (χ4v) is 3.34. The van der Waals surface area contributed by atoms with Crippen molar-refractivity contribution in [1.82, 2.24) is 14.8 Å². The van der Waals surface area contributed by atoms with E-state index < -0.39 is 18.4 Å². The minimum atomic E-state index is -0.843. The molecule has 0 N–H and O–H groups in total. The second kappa shape index (κ2) is 9.34. The summed E-state index contributed by atoms with van der Waals surface area (Å²) in [5.41, 5.74) is 3.56. The largest absolute Gasteiger partial charge is 0.451 e. The summed E-state index contributed by atoms with van der Waals surface area (Å²) in [6.45, 7) is 3.38. The minimum Gasteiger partial charge on any atom is -0.451 e. The van der Waals surface area contributed by atoms with Crippen LogP contribution in [0.3, 0.4) is 0 Å². The van der Waals surface area contributed by atoms with E-state index in [4.69, 9.17) is 16.3 Å². The maximum atomic E-state index is 13.5. The first kappa shape index (κ1) is 22.4. The Morgan fingerprint density at radius 2 is 1.70 bits per heavy atom. The van der Waals surface area contributed by atoms with E-state index in [0.29, 0.717) is 22.0 Å². The number of nitrogens with zero attached hydrogens (tertiary/aromatic N) is 3. The van der Waals surface area contributed by atoms with Gasteiger partial charge >= 0.3 is 5.97 Å². The topological polar surface area (TPSA) is 74.1 Å². The van der Waals surface area contributed by atoms with Gasteiger partial charge < -0.3 is 4.74 Å². The van der Waals surface area contributed by atoms with Crippen molar-refractivity contribution < 1.29 is 18.7 Å². The van der Waals surface area contributed by atoms with Gasteiger partial charge in [0.2, 0.25) is 0 Å². The molecule has 0 spiro atoms. The predicted octanol–water partition coefficient (Wildman–Crippen LogP) is 5.38. The summed E-state index contributed by atoms with van der Waals surface area (Å²) < 4.78 is 20.1. The highest BCUT2D eigenvalue weighted by Gasteiger charge is 2.22. The van der Waals surface area contributed by atoms with Crippen LogP contribution >= 0.6 is 11.6 Å². The molecule has 6 nitrogen and oxygen atoms in total. The van der Waals surface area contributed by atoms with Crippen molar-refractivity contribution in [2.24, 2.45) is 0 Å². The van der Waals surface area contributed by atoms with Gasteiger partial charge in [0.25, 0.3) is 5.82 Å². The average Bonchev–Trinajstić information content (AvgIpc) is 3.25. The Balaban J connectivity index is 1.65. The van der Waals surface area contributed by atoms with Crippen molar-refractivity contribution in [3.63, 3.8) is 0 Å². The van der Waals surface area contributed by atoms with Gasteiger partial charge in [-0.05, 0) is 79.6 Å². The number of carbonyl (C=O) groups is 2. The molecule has 4 rings (SSSR count). The molecule has 33 heavy (non-hydrogen) atoms. The Labute approximate surface area is 194 Å². The number of aromatic nitrogens is 3. The van der Waals surface area contributed by atoms with Gasteiger partial charge in [0, 0.05) is 16.1 Å². The number of aryl methyl sites for hydroxylation is 2. The van der Waals surface area contributed by atoms with Crippen LogP contribution in [-0.2, 0) is 4.74 Å². The van der Waals surface area contributed by atoms with E-state index in [2.05, 4.69) is 10.1 Å². The molecular formula is C25H19ClFN3O3. The number of hydrogen-bond donors (Lipinski definition) is 0. The molecular weight excluding hydrogens is 445 g/mol. The van der Waals surface area contributed by atoms with Gasteiger partial charge in [-0.2, -0.15) is 0 Å². The van der Waals surface area contributed by atoms with E-state index in [0.717, 1.165) is 16.8 Å². The fourth-order valence-electron chi connectivity index (χ4n) is 3.21. The molecule has 4 aromatic rings. The van der Waals surface area contributed by atoms with Crippen LogP contribution < -0.4 is 0 Å². The van der Waals surface area contributed by atoms with Crippen molar-refractivity contribution >= 4 is 23.4 Å². The second-order valence-corrected chi connectivity index (χ2v) is 7.91. The normalized spacial score (nSPS) is 10.8. The lowest BCUT2D eigenvalue weighted by molar-refractivity contribution is 0.0462. The zero-order valence-corrected chi connectivity index (χ0v) is 18.6. The fraction of sp³-hybridized carbons (Fsp3) is 0.120. The number of ketones is 1. The molecule has 0 atom stereocenters. The van der Waals surface area contributed by atoms with E-state index in [1.165, 1.54) is 16.8 Å². The van der Waals surface area contributed by atoms with Crippen LogP contribution in [0.15, 0.2) is 66.7 Å². The van der Waals surface area contributed by atoms with Crippen LogP contribution in [0.5, 0.6) is 0 Å². The summed E-state index contributed by atoms with van der Waals surface area (Å²) in [6, 6.07) is 17.8. The zero-order chi connectivity index (χ0) is 23.5. The SMILES string of the molecule is Cc1ccc(C)c(-n2nc(C(=O)OCC(=O)c3ccc(Cl)cc3)nc2-c2ccc(F)cc2)c1. The van der Waals surface area contributed by atoms with Gasteiger partial charge in [0.1, 0.15) is 5.82 Å². The van der Waals surface area contributed by atoms with Gasteiger partial charge in [-0.1, -0.05) is 23.7 Å². The Morgan fingerprint density at radius 3 is 2.39 bits per heavy atom. The molecule has 0 unspecified atom stereocenters.